The fraction of sp³-hybridized carbons (Fsp3) is 0.391. The van der Waals surface area contributed by atoms with E-state index < -0.39 is 6.09 Å². The zero-order valence-corrected chi connectivity index (χ0v) is 17.9. The van der Waals surface area contributed by atoms with Crippen molar-refractivity contribution in [3.8, 4) is 0 Å². The van der Waals surface area contributed by atoms with Crippen molar-refractivity contribution in [3.63, 3.8) is 0 Å². The van der Waals surface area contributed by atoms with Gasteiger partial charge in [-0.25, -0.2) is 4.79 Å². The van der Waals surface area contributed by atoms with Crippen molar-refractivity contribution in [2.24, 2.45) is 0 Å². The molecule has 7 nitrogen and oxygen atoms in total. The van der Waals surface area contributed by atoms with Crippen LogP contribution in [0.15, 0.2) is 42.5 Å². The number of amides is 2. The summed E-state index contributed by atoms with van der Waals surface area (Å²) < 4.78 is 5.36. The zero-order valence-electron chi connectivity index (χ0n) is 17.9. The number of quaternary nitrogens is 1. The number of nitrogens with zero attached hydrogens (tertiary/aromatic N) is 2. The second-order valence-electron chi connectivity index (χ2n) is 8.09. The van der Waals surface area contributed by atoms with Crippen molar-refractivity contribution < 1.29 is 23.9 Å². The van der Waals surface area contributed by atoms with Gasteiger partial charge in [-0.15, -0.1) is 0 Å². The number of para-hydroxylation sites is 1. The molecular weight excluding hydrogens is 382 g/mol. The SMILES string of the molecule is CCOC(=O)Nc1ccc2c(c1)N(C(=O)C[N+](C)(C)CCO)c1ccccc1CC2. The van der Waals surface area contributed by atoms with Gasteiger partial charge in [-0.1, -0.05) is 24.3 Å². The Hall–Kier alpha value is -2.90. The van der Waals surface area contributed by atoms with Gasteiger partial charge in [-0.2, -0.15) is 0 Å². The second-order valence-corrected chi connectivity index (χ2v) is 8.09. The van der Waals surface area contributed by atoms with E-state index in [4.69, 9.17) is 4.74 Å². The van der Waals surface area contributed by atoms with Gasteiger partial charge in [-0.3, -0.25) is 15.0 Å². The number of anilines is 3. The normalized spacial score (nSPS) is 13.1. The van der Waals surface area contributed by atoms with Gasteiger partial charge < -0.3 is 14.3 Å². The van der Waals surface area contributed by atoms with Crippen molar-refractivity contribution in [2.75, 3.05) is 50.6 Å². The number of ether oxygens (including phenoxy) is 1. The van der Waals surface area contributed by atoms with Crippen LogP contribution in [0.1, 0.15) is 18.1 Å². The van der Waals surface area contributed by atoms with Gasteiger partial charge in [0.05, 0.1) is 38.7 Å². The molecule has 160 valence electrons. The number of likely N-dealkylation sites (N-methyl/N-ethyl adjacent to an activating group) is 1. The standard InChI is InChI=1S/C23H29N3O4/c1-4-30-23(29)24-19-12-11-18-10-9-17-7-5-6-8-20(17)25(21(18)15-19)22(28)16-26(2,3)13-14-27/h5-8,11-12,15,27H,4,9-10,13-14,16H2,1-3H3/p+1. The average Bonchev–Trinajstić information content (AvgIpc) is 2.84. The third-order valence-corrected chi connectivity index (χ3v) is 5.26. The summed E-state index contributed by atoms with van der Waals surface area (Å²) in [6.45, 7) is 2.77. The summed E-state index contributed by atoms with van der Waals surface area (Å²) in [5.41, 5.74) is 4.35. The van der Waals surface area contributed by atoms with E-state index in [9.17, 15) is 14.7 Å². The van der Waals surface area contributed by atoms with E-state index >= 15 is 0 Å². The van der Waals surface area contributed by atoms with Gasteiger partial charge in [0, 0.05) is 5.69 Å². The van der Waals surface area contributed by atoms with Gasteiger partial charge in [-0.05, 0) is 49.1 Å². The molecule has 2 amide bonds. The minimum atomic E-state index is -0.523. The second kappa shape index (κ2) is 9.28. The van der Waals surface area contributed by atoms with Crippen LogP contribution in [0.5, 0.6) is 0 Å². The van der Waals surface area contributed by atoms with Crippen LogP contribution >= 0.6 is 0 Å². The molecule has 3 rings (SSSR count). The Morgan fingerprint density at radius 2 is 1.80 bits per heavy atom. The number of hydrogen-bond donors (Lipinski definition) is 2. The molecule has 2 aromatic carbocycles. The minimum Gasteiger partial charge on any atom is -0.450 e. The van der Waals surface area contributed by atoms with Crippen molar-refractivity contribution in [1.82, 2.24) is 0 Å². The number of aliphatic hydroxyl groups excluding tert-OH is 1. The maximum absolute atomic E-state index is 13.5. The lowest BCUT2D eigenvalue weighted by Gasteiger charge is -2.32. The van der Waals surface area contributed by atoms with E-state index in [0.717, 1.165) is 35.3 Å². The molecule has 1 aliphatic heterocycles. The first kappa shape index (κ1) is 21.8. The molecule has 0 saturated carbocycles. The molecule has 0 bridgehead atoms. The van der Waals surface area contributed by atoms with Crippen LogP contribution in [0.25, 0.3) is 0 Å². The zero-order chi connectivity index (χ0) is 21.7. The monoisotopic (exact) mass is 412 g/mol. The summed E-state index contributed by atoms with van der Waals surface area (Å²) in [5.74, 6) is -0.0580. The van der Waals surface area contributed by atoms with Crippen LogP contribution in [0, 0.1) is 0 Å². The maximum atomic E-state index is 13.5. The van der Waals surface area contributed by atoms with Gasteiger partial charge in [0.25, 0.3) is 5.91 Å². The van der Waals surface area contributed by atoms with Gasteiger partial charge in [0.15, 0.2) is 6.54 Å². The Kier molecular flexibility index (Phi) is 6.74. The fourth-order valence-electron chi connectivity index (χ4n) is 3.74. The van der Waals surface area contributed by atoms with Crippen LogP contribution in [0.3, 0.4) is 0 Å². The summed E-state index contributed by atoms with van der Waals surface area (Å²) in [7, 11) is 3.86. The van der Waals surface area contributed by atoms with Gasteiger partial charge >= 0.3 is 6.09 Å². The van der Waals surface area contributed by atoms with Crippen molar-refractivity contribution in [2.45, 2.75) is 19.8 Å². The Balaban J connectivity index is 2.03. The lowest BCUT2D eigenvalue weighted by atomic mass is 10.0. The Morgan fingerprint density at radius 3 is 2.50 bits per heavy atom. The summed E-state index contributed by atoms with van der Waals surface area (Å²) in [4.78, 5) is 27.2. The maximum Gasteiger partial charge on any atom is 0.411 e. The van der Waals surface area contributed by atoms with Crippen molar-refractivity contribution in [3.05, 3.63) is 53.6 Å². The lowest BCUT2D eigenvalue weighted by Crippen LogP contribution is -2.49. The largest absolute Gasteiger partial charge is 0.450 e. The lowest BCUT2D eigenvalue weighted by molar-refractivity contribution is -0.882. The molecule has 0 saturated heterocycles. The molecule has 30 heavy (non-hydrogen) atoms. The number of carbonyl (C=O) groups excluding carboxylic acids is 2. The summed E-state index contributed by atoms with van der Waals surface area (Å²) in [6, 6.07) is 13.5. The first-order valence-corrected chi connectivity index (χ1v) is 10.2. The number of aryl methyl sites for hydroxylation is 2. The predicted molar refractivity (Wildman–Crippen MR) is 117 cm³/mol. The molecule has 0 aliphatic carbocycles. The summed E-state index contributed by atoms with van der Waals surface area (Å²) in [5, 5.41) is 12.1. The molecule has 1 heterocycles. The third-order valence-electron chi connectivity index (χ3n) is 5.26. The average molecular weight is 413 g/mol. The van der Waals surface area contributed by atoms with Crippen LogP contribution in [0.4, 0.5) is 21.9 Å². The fourth-order valence-corrected chi connectivity index (χ4v) is 3.74. The first-order chi connectivity index (χ1) is 14.3. The number of hydrogen-bond acceptors (Lipinski definition) is 4. The highest BCUT2D eigenvalue weighted by molar-refractivity contribution is 6.03. The minimum absolute atomic E-state index is 0.0149. The molecule has 2 N–H and O–H groups in total. The molecule has 2 aromatic rings. The van der Waals surface area contributed by atoms with Crippen molar-refractivity contribution in [1.29, 1.82) is 0 Å². The van der Waals surface area contributed by atoms with E-state index in [0.29, 0.717) is 16.7 Å². The van der Waals surface area contributed by atoms with Crippen LogP contribution < -0.4 is 10.2 Å². The highest BCUT2D eigenvalue weighted by atomic mass is 16.5. The van der Waals surface area contributed by atoms with E-state index in [2.05, 4.69) is 5.32 Å². The molecule has 0 spiro atoms. The van der Waals surface area contributed by atoms with E-state index in [-0.39, 0.29) is 25.7 Å². The van der Waals surface area contributed by atoms with Crippen molar-refractivity contribution >= 4 is 29.1 Å². The molecule has 0 atom stereocenters. The predicted octanol–water partition coefficient (Wildman–Crippen LogP) is 3.09. The smallest absolute Gasteiger partial charge is 0.411 e. The molecule has 0 radical (unpaired) electrons. The van der Waals surface area contributed by atoms with Crippen LogP contribution in [0.2, 0.25) is 0 Å². The molecule has 1 aliphatic rings. The Bertz CT molecular complexity index is 926. The molecule has 0 fully saturated rings. The molecule has 0 aromatic heterocycles. The number of carbonyl (C=O) groups is 2. The number of rotatable bonds is 6. The highest BCUT2D eigenvalue weighted by Gasteiger charge is 2.30. The highest BCUT2D eigenvalue weighted by Crippen LogP contribution is 2.38. The quantitative estimate of drug-likeness (QED) is 0.715. The number of aliphatic hydroxyl groups is 1. The summed E-state index contributed by atoms with van der Waals surface area (Å²) >= 11 is 0. The molecular formula is C23H30N3O4+. The molecule has 7 heteroatoms. The van der Waals surface area contributed by atoms with E-state index in [1.54, 1.807) is 11.8 Å². The number of benzene rings is 2. The van der Waals surface area contributed by atoms with E-state index in [1.807, 2.05) is 56.6 Å². The Morgan fingerprint density at radius 1 is 1.10 bits per heavy atom. The molecule has 0 unspecified atom stereocenters. The Labute approximate surface area is 177 Å². The topological polar surface area (TPSA) is 78.9 Å². The number of nitrogens with one attached hydrogen (secondary N) is 1. The van der Waals surface area contributed by atoms with Crippen LogP contribution in [-0.4, -0.2) is 62.0 Å². The van der Waals surface area contributed by atoms with Gasteiger partial charge in [0.2, 0.25) is 0 Å². The third kappa shape index (κ3) is 4.98. The first-order valence-electron chi connectivity index (χ1n) is 10.2. The summed E-state index contributed by atoms with van der Waals surface area (Å²) in [6.07, 6.45) is 1.10. The van der Waals surface area contributed by atoms with E-state index in [1.165, 1.54) is 0 Å². The number of fused-ring (bicyclic) bond motifs is 2. The van der Waals surface area contributed by atoms with Crippen LogP contribution in [-0.2, 0) is 22.4 Å². The van der Waals surface area contributed by atoms with Gasteiger partial charge in [0.1, 0.15) is 6.54 Å².